The van der Waals surface area contributed by atoms with E-state index in [0.717, 1.165) is 31.7 Å². The van der Waals surface area contributed by atoms with Crippen LogP contribution in [0.5, 0.6) is 0 Å². The molecule has 33 heavy (non-hydrogen) atoms. The Labute approximate surface area is 194 Å². The first kappa shape index (κ1) is 23.9. The highest BCUT2D eigenvalue weighted by molar-refractivity contribution is 6.04. The van der Waals surface area contributed by atoms with E-state index in [1.165, 1.54) is 0 Å². The number of rotatable bonds is 11. The zero-order valence-electron chi connectivity index (χ0n) is 19.0. The molecule has 3 rings (SSSR count). The molecule has 1 aromatic carbocycles. The third kappa shape index (κ3) is 7.40. The van der Waals surface area contributed by atoms with Gasteiger partial charge in [0.25, 0.3) is 11.8 Å². The number of nitrogens with one attached hydrogen (secondary N) is 3. The van der Waals surface area contributed by atoms with Gasteiger partial charge in [0.15, 0.2) is 0 Å². The first-order valence-corrected chi connectivity index (χ1v) is 11.1. The zero-order chi connectivity index (χ0) is 23.5. The molecular formula is C25H30N6O2. The molecule has 3 aromatic rings. The number of carbonyl (C=O) groups excluding carboxylic acids is 2. The van der Waals surface area contributed by atoms with E-state index < -0.39 is 0 Å². The first-order valence-electron chi connectivity index (χ1n) is 11.1. The minimum Gasteiger partial charge on any atom is -0.351 e. The molecule has 0 aliphatic carbocycles. The highest BCUT2D eigenvalue weighted by Gasteiger charge is 2.09. The lowest BCUT2D eigenvalue weighted by Crippen LogP contribution is -2.30. The van der Waals surface area contributed by atoms with Gasteiger partial charge in [-0.1, -0.05) is 19.9 Å². The summed E-state index contributed by atoms with van der Waals surface area (Å²) in [6.45, 7) is 7.85. The second-order valence-electron chi connectivity index (χ2n) is 7.44. The number of carbonyl (C=O) groups is 2. The second-order valence-corrected chi connectivity index (χ2v) is 7.44. The fourth-order valence-corrected chi connectivity index (χ4v) is 3.26. The van der Waals surface area contributed by atoms with Crippen molar-refractivity contribution >= 4 is 29.0 Å². The van der Waals surface area contributed by atoms with E-state index in [2.05, 4.69) is 44.7 Å². The molecular weight excluding hydrogens is 416 g/mol. The predicted molar refractivity (Wildman–Crippen MR) is 131 cm³/mol. The average Bonchev–Trinajstić information content (AvgIpc) is 2.85. The molecule has 0 fully saturated rings. The number of hydrogen-bond donors (Lipinski definition) is 3. The van der Waals surface area contributed by atoms with E-state index in [1.807, 2.05) is 0 Å². The summed E-state index contributed by atoms with van der Waals surface area (Å²) in [5.41, 5.74) is 2.34. The molecule has 0 atom stereocenters. The van der Waals surface area contributed by atoms with Crippen molar-refractivity contribution in [2.45, 2.75) is 20.3 Å². The molecule has 0 spiro atoms. The molecule has 0 bridgehead atoms. The molecule has 0 unspecified atom stereocenters. The molecule has 2 heterocycles. The van der Waals surface area contributed by atoms with Crippen LogP contribution in [0.2, 0.25) is 0 Å². The Bertz CT molecular complexity index is 1040. The third-order valence-electron chi connectivity index (χ3n) is 5.17. The van der Waals surface area contributed by atoms with E-state index in [-0.39, 0.29) is 11.8 Å². The standard InChI is InChI=1S/C25H30N6O2/c1-3-31(4-2)18-6-15-27-25(33)22-7-5-8-23(30-22)28-20-11-9-19(10-12-20)24(32)29-21-13-16-26-17-14-21/h5,7-14,16-17H,3-4,6,15,18H2,1-2H3,(H,27,33)(H,28,30)(H,26,29,32). The second kappa shape index (κ2) is 12.3. The van der Waals surface area contributed by atoms with Crippen LogP contribution in [0.4, 0.5) is 17.2 Å². The van der Waals surface area contributed by atoms with Crippen molar-refractivity contribution in [3.63, 3.8) is 0 Å². The van der Waals surface area contributed by atoms with Crippen molar-refractivity contribution in [2.24, 2.45) is 0 Å². The SMILES string of the molecule is CCN(CC)CCCNC(=O)c1cccc(Nc2ccc(C(=O)Nc3ccncc3)cc2)n1. The van der Waals surface area contributed by atoms with E-state index in [1.54, 1.807) is 67.0 Å². The Hall–Kier alpha value is -3.78. The fraction of sp³-hybridized carbons (Fsp3) is 0.280. The van der Waals surface area contributed by atoms with Crippen molar-refractivity contribution in [1.82, 2.24) is 20.2 Å². The fourth-order valence-electron chi connectivity index (χ4n) is 3.26. The molecule has 8 nitrogen and oxygen atoms in total. The van der Waals surface area contributed by atoms with Gasteiger partial charge in [0.2, 0.25) is 0 Å². The molecule has 0 saturated heterocycles. The lowest BCUT2D eigenvalue weighted by molar-refractivity contribution is 0.0946. The Morgan fingerprint density at radius 2 is 1.61 bits per heavy atom. The van der Waals surface area contributed by atoms with Gasteiger partial charge in [-0.2, -0.15) is 0 Å². The lowest BCUT2D eigenvalue weighted by Gasteiger charge is -2.17. The first-order chi connectivity index (χ1) is 16.1. The Kier molecular flexibility index (Phi) is 8.90. The van der Waals surface area contributed by atoms with Crippen LogP contribution in [0.1, 0.15) is 41.1 Å². The van der Waals surface area contributed by atoms with E-state index in [4.69, 9.17) is 0 Å². The third-order valence-corrected chi connectivity index (χ3v) is 5.17. The summed E-state index contributed by atoms with van der Waals surface area (Å²) < 4.78 is 0. The Balaban J connectivity index is 1.53. The minimum absolute atomic E-state index is 0.193. The maximum absolute atomic E-state index is 12.4. The minimum atomic E-state index is -0.203. The number of benzene rings is 1. The van der Waals surface area contributed by atoms with Crippen LogP contribution in [-0.2, 0) is 0 Å². The number of amides is 2. The van der Waals surface area contributed by atoms with E-state index >= 15 is 0 Å². The molecule has 0 aliphatic heterocycles. The molecule has 2 aromatic heterocycles. The maximum atomic E-state index is 12.4. The zero-order valence-corrected chi connectivity index (χ0v) is 19.0. The quantitative estimate of drug-likeness (QED) is 0.386. The van der Waals surface area contributed by atoms with Crippen LogP contribution in [0.15, 0.2) is 67.0 Å². The number of hydrogen-bond acceptors (Lipinski definition) is 6. The largest absolute Gasteiger partial charge is 0.351 e. The summed E-state index contributed by atoms with van der Waals surface area (Å²) in [6.07, 6.45) is 4.14. The van der Waals surface area contributed by atoms with Crippen LogP contribution in [0.3, 0.4) is 0 Å². The summed E-state index contributed by atoms with van der Waals surface area (Å²) in [4.78, 5) is 35.5. The van der Waals surface area contributed by atoms with Gasteiger partial charge in [-0.25, -0.2) is 4.98 Å². The van der Waals surface area contributed by atoms with Crippen LogP contribution in [0.25, 0.3) is 0 Å². The van der Waals surface area contributed by atoms with Gasteiger partial charge in [-0.05, 0) is 74.6 Å². The highest BCUT2D eigenvalue weighted by Crippen LogP contribution is 2.17. The van der Waals surface area contributed by atoms with Crippen molar-refractivity contribution in [1.29, 1.82) is 0 Å². The topological polar surface area (TPSA) is 99.2 Å². The monoisotopic (exact) mass is 446 g/mol. The van der Waals surface area contributed by atoms with Crippen LogP contribution < -0.4 is 16.0 Å². The van der Waals surface area contributed by atoms with Gasteiger partial charge >= 0.3 is 0 Å². The smallest absolute Gasteiger partial charge is 0.269 e. The molecule has 0 saturated carbocycles. The van der Waals surface area contributed by atoms with Crippen LogP contribution >= 0.6 is 0 Å². The molecule has 8 heteroatoms. The summed E-state index contributed by atoms with van der Waals surface area (Å²) in [5.74, 6) is 0.159. The van der Waals surface area contributed by atoms with Gasteiger partial charge in [-0.15, -0.1) is 0 Å². The average molecular weight is 447 g/mol. The highest BCUT2D eigenvalue weighted by atomic mass is 16.2. The number of pyridine rings is 2. The van der Waals surface area contributed by atoms with E-state index in [0.29, 0.717) is 29.3 Å². The molecule has 0 aliphatic rings. The molecule has 2 amide bonds. The normalized spacial score (nSPS) is 10.6. The van der Waals surface area contributed by atoms with Gasteiger partial charge in [-0.3, -0.25) is 14.6 Å². The summed E-state index contributed by atoms with van der Waals surface area (Å²) >= 11 is 0. The van der Waals surface area contributed by atoms with Gasteiger partial charge in [0, 0.05) is 35.9 Å². The lowest BCUT2D eigenvalue weighted by atomic mass is 10.2. The van der Waals surface area contributed by atoms with Crippen LogP contribution in [0, 0.1) is 0 Å². The van der Waals surface area contributed by atoms with Crippen molar-refractivity contribution in [3.8, 4) is 0 Å². The van der Waals surface area contributed by atoms with Crippen molar-refractivity contribution in [2.75, 3.05) is 36.8 Å². The van der Waals surface area contributed by atoms with E-state index in [9.17, 15) is 9.59 Å². The Morgan fingerprint density at radius 3 is 2.30 bits per heavy atom. The predicted octanol–water partition coefficient (Wildman–Crippen LogP) is 3.93. The maximum Gasteiger partial charge on any atom is 0.269 e. The summed E-state index contributed by atoms with van der Waals surface area (Å²) in [5, 5.41) is 8.93. The van der Waals surface area contributed by atoms with Gasteiger partial charge < -0.3 is 20.9 Å². The van der Waals surface area contributed by atoms with Crippen molar-refractivity contribution < 1.29 is 9.59 Å². The Morgan fingerprint density at radius 1 is 0.879 bits per heavy atom. The molecule has 0 radical (unpaired) electrons. The summed E-state index contributed by atoms with van der Waals surface area (Å²) in [6, 6.07) is 15.8. The van der Waals surface area contributed by atoms with Gasteiger partial charge in [0.05, 0.1) is 0 Å². The number of anilines is 3. The summed E-state index contributed by atoms with van der Waals surface area (Å²) in [7, 11) is 0. The van der Waals surface area contributed by atoms with Crippen LogP contribution in [-0.4, -0.2) is 52.9 Å². The molecule has 3 N–H and O–H groups in total. The van der Waals surface area contributed by atoms with Crippen molar-refractivity contribution in [3.05, 3.63) is 78.2 Å². The molecule has 172 valence electrons. The van der Waals surface area contributed by atoms with Gasteiger partial charge in [0.1, 0.15) is 11.5 Å². The number of nitrogens with zero attached hydrogens (tertiary/aromatic N) is 3. The number of aromatic nitrogens is 2.